The molecule has 0 saturated carbocycles. The summed E-state index contributed by atoms with van der Waals surface area (Å²) in [6.45, 7) is 1.66. The van der Waals surface area contributed by atoms with Crippen LogP contribution in [0.2, 0.25) is 0 Å². The van der Waals surface area contributed by atoms with Crippen molar-refractivity contribution in [3.8, 4) is 0 Å². The third-order valence-corrected chi connectivity index (χ3v) is 5.71. The number of anilines is 1. The van der Waals surface area contributed by atoms with E-state index in [1.165, 1.54) is 33.3 Å². The fourth-order valence-corrected chi connectivity index (χ4v) is 3.41. The zero-order valence-corrected chi connectivity index (χ0v) is 15.8. The standard InChI is InChI=1S/C18H20N2O5S/c1-12-8-9-13(11-16(12)26(23,24)20(2)3)17(21)19-15-7-5-6-14(10-15)18(22)25-4/h5-11H,1-4H3,(H,19,21). The van der Waals surface area contributed by atoms with Crippen LogP contribution in [0.25, 0.3) is 0 Å². The maximum atomic E-state index is 12.5. The summed E-state index contributed by atoms with van der Waals surface area (Å²) in [4.78, 5) is 24.1. The van der Waals surface area contributed by atoms with Gasteiger partial charge in [0.15, 0.2) is 0 Å². The number of nitrogens with zero attached hydrogens (tertiary/aromatic N) is 1. The van der Waals surface area contributed by atoms with Gasteiger partial charge in [-0.2, -0.15) is 0 Å². The Morgan fingerprint density at radius 1 is 1.04 bits per heavy atom. The van der Waals surface area contributed by atoms with Gasteiger partial charge in [0, 0.05) is 25.3 Å². The van der Waals surface area contributed by atoms with E-state index in [4.69, 9.17) is 0 Å². The van der Waals surface area contributed by atoms with Crippen molar-refractivity contribution in [2.45, 2.75) is 11.8 Å². The molecule has 0 unspecified atom stereocenters. The number of amides is 1. The molecule has 0 bridgehead atoms. The Labute approximate surface area is 152 Å². The summed E-state index contributed by atoms with van der Waals surface area (Å²) < 4.78 is 30.5. The fraction of sp³-hybridized carbons (Fsp3) is 0.222. The molecule has 0 fully saturated rings. The molecule has 0 heterocycles. The van der Waals surface area contributed by atoms with Crippen LogP contribution in [0.1, 0.15) is 26.3 Å². The molecule has 7 nitrogen and oxygen atoms in total. The van der Waals surface area contributed by atoms with Gasteiger partial charge in [-0.25, -0.2) is 17.5 Å². The van der Waals surface area contributed by atoms with Crippen molar-refractivity contribution in [3.63, 3.8) is 0 Å². The van der Waals surface area contributed by atoms with Crippen molar-refractivity contribution in [2.75, 3.05) is 26.5 Å². The van der Waals surface area contributed by atoms with Crippen LogP contribution in [0, 0.1) is 6.92 Å². The molecule has 1 amide bonds. The van der Waals surface area contributed by atoms with E-state index in [-0.39, 0.29) is 10.5 Å². The Bertz CT molecular complexity index is 952. The van der Waals surface area contributed by atoms with E-state index >= 15 is 0 Å². The van der Waals surface area contributed by atoms with Gasteiger partial charge in [0.25, 0.3) is 5.91 Å². The topological polar surface area (TPSA) is 92.8 Å². The lowest BCUT2D eigenvalue weighted by Crippen LogP contribution is -2.23. The quantitative estimate of drug-likeness (QED) is 0.808. The summed E-state index contributed by atoms with van der Waals surface area (Å²) in [5.41, 5.74) is 1.43. The number of carbonyl (C=O) groups is 2. The highest BCUT2D eigenvalue weighted by molar-refractivity contribution is 7.89. The molecule has 2 aromatic rings. The Morgan fingerprint density at radius 3 is 2.35 bits per heavy atom. The van der Waals surface area contributed by atoms with Gasteiger partial charge >= 0.3 is 5.97 Å². The number of nitrogens with one attached hydrogen (secondary N) is 1. The highest BCUT2D eigenvalue weighted by atomic mass is 32.2. The number of methoxy groups -OCH3 is 1. The van der Waals surface area contributed by atoms with Crippen LogP contribution in [-0.4, -0.2) is 45.8 Å². The first kappa shape index (κ1) is 19.6. The lowest BCUT2D eigenvalue weighted by Gasteiger charge is -2.15. The predicted molar refractivity (Wildman–Crippen MR) is 97.8 cm³/mol. The summed E-state index contributed by atoms with van der Waals surface area (Å²) in [7, 11) is 0.466. The Balaban J connectivity index is 2.33. The van der Waals surface area contributed by atoms with E-state index in [1.807, 2.05) is 0 Å². The van der Waals surface area contributed by atoms with Gasteiger partial charge in [-0.15, -0.1) is 0 Å². The number of rotatable bonds is 5. The van der Waals surface area contributed by atoms with E-state index in [0.29, 0.717) is 16.8 Å². The zero-order chi connectivity index (χ0) is 19.5. The number of aryl methyl sites for hydroxylation is 1. The zero-order valence-electron chi connectivity index (χ0n) is 14.9. The number of hydrogen-bond acceptors (Lipinski definition) is 5. The van der Waals surface area contributed by atoms with E-state index < -0.39 is 21.9 Å². The smallest absolute Gasteiger partial charge is 0.337 e. The van der Waals surface area contributed by atoms with Gasteiger partial charge in [-0.1, -0.05) is 12.1 Å². The Morgan fingerprint density at radius 2 is 1.73 bits per heavy atom. The predicted octanol–water partition coefficient (Wildman–Crippen LogP) is 2.28. The molecule has 26 heavy (non-hydrogen) atoms. The van der Waals surface area contributed by atoms with Crippen LogP contribution in [0.3, 0.4) is 0 Å². The van der Waals surface area contributed by atoms with Crippen LogP contribution < -0.4 is 5.32 Å². The molecule has 2 rings (SSSR count). The molecule has 0 aliphatic heterocycles. The number of hydrogen-bond donors (Lipinski definition) is 1. The molecule has 2 aromatic carbocycles. The van der Waals surface area contributed by atoms with Crippen LogP contribution >= 0.6 is 0 Å². The van der Waals surface area contributed by atoms with Crippen molar-refractivity contribution >= 4 is 27.6 Å². The first-order valence-corrected chi connectivity index (χ1v) is 9.13. The van der Waals surface area contributed by atoms with Crippen LogP contribution in [-0.2, 0) is 14.8 Å². The average molecular weight is 376 g/mol. The second-order valence-corrected chi connectivity index (χ2v) is 7.91. The maximum Gasteiger partial charge on any atom is 0.337 e. The van der Waals surface area contributed by atoms with Gasteiger partial charge in [-0.05, 0) is 42.8 Å². The molecule has 0 aliphatic carbocycles. The Hall–Kier alpha value is -2.71. The van der Waals surface area contributed by atoms with E-state index in [1.54, 1.807) is 37.3 Å². The van der Waals surface area contributed by atoms with Crippen molar-refractivity contribution in [1.29, 1.82) is 0 Å². The molecular weight excluding hydrogens is 356 g/mol. The second-order valence-electron chi connectivity index (χ2n) is 5.79. The number of ether oxygens (including phenoxy) is 1. The summed E-state index contributed by atoms with van der Waals surface area (Å²) >= 11 is 0. The molecule has 0 atom stereocenters. The molecule has 138 valence electrons. The lowest BCUT2D eigenvalue weighted by atomic mass is 10.1. The molecule has 0 saturated heterocycles. The molecule has 0 aliphatic rings. The van der Waals surface area contributed by atoms with Gasteiger partial charge in [0.1, 0.15) is 0 Å². The molecule has 8 heteroatoms. The third-order valence-electron chi connectivity index (χ3n) is 3.75. The van der Waals surface area contributed by atoms with Crippen molar-refractivity contribution < 1.29 is 22.7 Å². The molecule has 0 radical (unpaired) electrons. The Kier molecular flexibility index (Phi) is 5.79. The van der Waals surface area contributed by atoms with Gasteiger partial charge in [0.2, 0.25) is 10.0 Å². The largest absolute Gasteiger partial charge is 0.465 e. The monoisotopic (exact) mass is 376 g/mol. The maximum absolute atomic E-state index is 12.5. The summed E-state index contributed by atoms with van der Waals surface area (Å²) in [5, 5.41) is 2.65. The molecule has 0 spiro atoms. The number of carbonyl (C=O) groups excluding carboxylic acids is 2. The SMILES string of the molecule is COC(=O)c1cccc(NC(=O)c2ccc(C)c(S(=O)(=O)N(C)C)c2)c1. The molecule has 0 aromatic heterocycles. The fourth-order valence-electron chi connectivity index (χ4n) is 2.26. The third kappa shape index (κ3) is 4.09. The summed E-state index contributed by atoms with van der Waals surface area (Å²) in [6.07, 6.45) is 0. The average Bonchev–Trinajstić information content (AvgIpc) is 2.61. The summed E-state index contributed by atoms with van der Waals surface area (Å²) in [6, 6.07) is 10.7. The van der Waals surface area contributed by atoms with E-state index in [2.05, 4.69) is 10.1 Å². The molecular formula is C18H20N2O5S. The number of benzene rings is 2. The molecule has 1 N–H and O–H groups in total. The van der Waals surface area contributed by atoms with Crippen LogP contribution in [0.15, 0.2) is 47.4 Å². The van der Waals surface area contributed by atoms with E-state index in [9.17, 15) is 18.0 Å². The minimum absolute atomic E-state index is 0.0680. The van der Waals surface area contributed by atoms with Crippen molar-refractivity contribution in [2.24, 2.45) is 0 Å². The highest BCUT2D eigenvalue weighted by Crippen LogP contribution is 2.21. The van der Waals surface area contributed by atoms with Gasteiger partial charge in [0.05, 0.1) is 17.6 Å². The first-order chi connectivity index (χ1) is 12.2. The second kappa shape index (κ2) is 7.67. The van der Waals surface area contributed by atoms with Gasteiger partial charge in [-0.3, -0.25) is 4.79 Å². The number of sulfonamides is 1. The van der Waals surface area contributed by atoms with E-state index in [0.717, 1.165) is 4.31 Å². The highest BCUT2D eigenvalue weighted by Gasteiger charge is 2.21. The van der Waals surface area contributed by atoms with Crippen LogP contribution in [0.4, 0.5) is 5.69 Å². The van der Waals surface area contributed by atoms with Crippen molar-refractivity contribution in [3.05, 3.63) is 59.2 Å². The minimum atomic E-state index is -3.67. The van der Waals surface area contributed by atoms with Crippen LogP contribution in [0.5, 0.6) is 0 Å². The summed E-state index contributed by atoms with van der Waals surface area (Å²) in [5.74, 6) is -1.00. The number of esters is 1. The van der Waals surface area contributed by atoms with Crippen molar-refractivity contribution in [1.82, 2.24) is 4.31 Å². The normalized spacial score (nSPS) is 11.3. The first-order valence-electron chi connectivity index (χ1n) is 7.69. The minimum Gasteiger partial charge on any atom is -0.465 e. The lowest BCUT2D eigenvalue weighted by molar-refractivity contribution is 0.0600. The van der Waals surface area contributed by atoms with Gasteiger partial charge < -0.3 is 10.1 Å².